The summed E-state index contributed by atoms with van der Waals surface area (Å²) in [5, 5.41) is 21.1. The summed E-state index contributed by atoms with van der Waals surface area (Å²) in [6.07, 6.45) is -0.0389. The van der Waals surface area contributed by atoms with E-state index in [0.29, 0.717) is 40.9 Å². The fourth-order valence-corrected chi connectivity index (χ4v) is 6.51. The molecule has 2 atom stereocenters. The van der Waals surface area contributed by atoms with Crippen LogP contribution >= 0.6 is 23.2 Å². The Morgan fingerprint density at radius 1 is 0.889 bits per heavy atom. The monoisotopic (exact) mass is 651 g/mol. The largest absolute Gasteiger partial charge is 0.492 e. The normalized spacial score (nSPS) is 17.7. The van der Waals surface area contributed by atoms with Crippen molar-refractivity contribution in [2.75, 3.05) is 33.3 Å². The summed E-state index contributed by atoms with van der Waals surface area (Å²) in [6, 6.07) is 21.1. The molecule has 9 nitrogen and oxygen atoms in total. The average molecular weight is 653 g/mol. The van der Waals surface area contributed by atoms with Crippen molar-refractivity contribution in [2.24, 2.45) is 0 Å². The standard InChI is InChI=1S/C34H35Cl2N3O6/c1-37(17-16-24-8-2-3-9-27(24)35)32(40)31-26(19-25-20-38(33(41)42)21-29(31)39(25)34(43)44)23-14-12-22(13-15-23)7-6-18-45-30-11-5-4-10-28(30)36/h2-5,8-15,25,29H,6-7,16-21H2,1H3,(H,41,42)(H,43,44)/t25-,29-/m1/s1. The molecule has 2 bridgehead atoms. The van der Waals surface area contributed by atoms with Gasteiger partial charge in [0.05, 0.1) is 23.7 Å². The zero-order valence-corrected chi connectivity index (χ0v) is 26.4. The van der Waals surface area contributed by atoms with Crippen LogP contribution in [0.3, 0.4) is 0 Å². The number of hydrogen-bond acceptors (Lipinski definition) is 4. The number of piperazine rings is 1. The van der Waals surface area contributed by atoms with Crippen LogP contribution in [-0.2, 0) is 17.6 Å². The van der Waals surface area contributed by atoms with Crippen molar-refractivity contribution in [1.29, 1.82) is 0 Å². The van der Waals surface area contributed by atoms with Gasteiger partial charge in [-0.25, -0.2) is 9.59 Å². The Balaban J connectivity index is 1.39. The molecule has 5 rings (SSSR count). The Kier molecular flexibility index (Phi) is 10.2. The maximum atomic E-state index is 14.1. The van der Waals surface area contributed by atoms with E-state index in [0.717, 1.165) is 35.1 Å². The molecule has 3 aromatic carbocycles. The second-order valence-electron chi connectivity index (χ2n) is 11.3. The van der Waals surface area contributed by atoms with E-state index >= 15 is 0 Å². The van der Waals surface area contributed by atoms with E-state index in [1.54, 1.807) is 24.1 Å². The SMILES string of the molecule is CN(CCc1ccccc1Cl)C(=O)C1=C(c2ccc(CCCOc3ccccc3Cl)cc2)C[C@@H]2CN(C(=O)O)C[C@H]1N2C(=O)O. The van der Waals surface area contributed by atoms with Gasteiger partial charge in [0.15, 0.2) is 0 Å². The van der Waals surface area contributed by atoms with Crippen LogP contribution in [0.5, 0.6) is 5.75 Å². The lowest BCUT2D eigenvalue weighted by molar-refractivity contribution is -0.127. The fraction of sp³-hybridized carbons (Fsp3) is 0.324. The van der Waals surface area contributed by atoms with Crippen LogP contribution in [0.4, 0.5) is 9.59 Å². The highest BCUT2D eigenvalue weighted by molar-refractivity contribution is 6.32. The van der Waals surface area contributed by atoms with Gasteiger partial charge < -0.3 is 24.7 Å². The maximum absolute atomic E-state index is 14.1. The molecule has 0 aromatic heterocycles. The quantitative estimate of drug-likeness (QED) is 0.240. The van der Waals surface area contributed by atoms with Crippen molar-refractivity contribution < 1.29 is 29.3 Å². The summed E-state index contributed by atoms with van der Waals surface area (Å²) in [5.41, 5.74) is 3.86. The highest BCUT2D eigenvalue weighted by Crippen LogP contribution is 2.39. The van der Waals surface area contributed by atoms with E-state index in [9.17, 15) is 24.6 Å². The van der Waals surface area contributed by atoms with Crippen molar-refractivity contribution in [2.45, 2.75) is 37.8 Å². The summed E-state index contributed by atoms with van der Waals surface area (Å²) in [4.78, 5) is 42.6. The van der Waals surface area contributed by atoms with E-state index in [2.05, 4.69) is 0 Å². The van der Waals surface area contributed by atoms with Gasteiger partial charge in [-0.3, -0.25) is 9.69 Å². The number of ether oxygens (including phenoxy) is 1. The first-order valence-corrected chi connectivity index (χ1v) is 15.6. The second kappa shape index (κ2) is 14.3. The van der Waals surface area contributed by atoms with Crippen LogP contribution < -0.4 is 4.74 Å². The first kappa shape index (κ1) is 32.2. The number of aryl methyl sites for hydroxylation is 1. The molecule has 0 radical (unpaired) electrons. The van der Waals surface area contributed by atoms with Crippen molar-refractivity contribution in [3.63, 3.8) is 0 Å². The first-order valence-electron chi connectivity index (χ1n) is 14.8. The molecular formula is C34H35Cl2N3O6. The third-order valence-corrected chi connectivity index (χ3v) is 9.08. The maximum Gasteiger partial charge on any atom is 0.408 e. The Bertz CT molecular complexity index is 1590. The summed E-state index contributed by atoms with van der Waals surface area (Å²) in [7, 11) is 1.67. The van der Waals surface area contributed by atoms with Crippen LogP contribution in [0.1, 0.15) is 29.5 Å². The van der Waals surface area contributed by atoms with E-state index in [4.69, 9.17) is 27.9 Å². The van der Waals surface area contributed by atoms with Gasteiger partial charge in [0, 0.05) is 37.3 Å². The summed E-state index contributed by atoms with van der Waals surface area (Å²) < 4.78 is 5.80. The van der Waals surface area contributed by atoms with Crippen LogP contribution in [0, 0.1) is 0 Å². The van der Waals surface area contributed by atoms with E-state index in [1.807, 2.05) is 60.7 Å². The molecule has 2 N–H and O–H groups in total. The van der Waals surface area contributed by atoms with E-state index in [1.165, 1.54) is 9.80 Å². The van der Waals surface area contributed by atoms with Crippen LogP contribution in [0.2, 0.25) is 10.0 Å². The van der Waals surface area contributed by atoms with Gasteiger partial charge in [-0.2, -0.15) is 0 Å². The van der Waals surface area contributed by atoms with Crippen molar-refractivity contribution in [3.05, 3.63) is 105 Å². The minimum absolute atomic E-state index is 0.0367. The molecule has 2 aliphatic rings. The molecule has 3 amide bonds. The molecule has 11 heteroatoms. The molecule has 1 fully saturated rings. The number of nitrogens with zero attached hydrogens (tertiary/aromatic N) is 3. The summed E-state index contributed by atoms with van der Waals surface area (Å²) in [5.74, 6) is 0.315. The van der Waals surface area contributed by atoms with Gasteiger partial charge in [0.25, 0.3) is 5.91 Å². The Labute approximate surface area is 272 Å². The highest BCUT2D eigenvalue weighted by Gasteiger charge is 2.48. The minimum Gasteiger partial charge on any atom is -0.492 e. The third kappa shape index (κ3) is 7.37. The molecule has 0 spiro atoms. The molecule has 0 unspecified atom stereocenters. The number of para-hydroxylation sites is 1. The van der Waals surface area contributed by atoms with Crippen molar-refractivity contribution >= 4 is 46.9 Å². The predicted octanol–water partition coefficient (Wildman–Crippen LogP) is 6.57. The first-order chi connectivity index (χ1) is 21.6. The lowest BCUT2D eigenvalue weighted by Crippen LogP contribution is -2.64. The molecular weight excluding hydrogens is 617 g/mol. The zero-order chi connectivity index (χ0) is 32.1. The number of likely N-dealkylation sites (N-methyl/N-ethyl adjacent to an activating group) is 1. The lowest BCUT2D eigenvalue weighted by Gasteiger charge is -2.49. The number of amides is 3. The number of carboxylic acid groups (broad SMARTS) is 2. The predicted molar refractivity (Wildman–Crippen MR) is 173 cm³/mol. The Morgan fingerprint density at radius 2 is 1.58 bits per heavy atom. The second-order valence-corrected chi connectivity index (χ2v) is 12.1. The van der Waals surface area contributed by atoms with Crippen LogP contribution in [0.25, 0.3) is 5.57 Å². The van der Waals surface area contributed by atoms with E-state index in [-0.39, 0.29) is 25.4 Å². The van der Waals surface area contributed by atoms with Gasteiger partial charge in [-0.15, -0.1) is 0 Å². The highest BCUT2D eigenvalue weighted by atomic mass is 35.5. The molecule has 0 saturated carbocycles. The summed E-state index contributed by atoms with van der Waals surface area (Å²) in [6.45, 7) is 0.768. The van der Waals surface area contributed by atoms with Crippen molar-refractivity contribution in [1.82, 2.24) is 14.7 Å². The molecule has 2 heterocycles. The topological polar surface area (TPSA) is 111 Å². The lowest BCUT2D eigenvalue weighted by atomic mass is 9.81. The Hall–Kier alpha value is -4.21. The molecule has 236 valence electrons. The van der Waals surface area contributed by atoms with Gasteiger partial charge >= 0.3 is 12.2 Å². The smallest absolute Gasteiger partial charge is 0.408 e. The van der Waals surface area contributed by atoms with E-state index < -0.39 is 24.3 Å². The van der Waals surface area contributed by atoms with Crippen LogP contribution in [-0.4, -0.2) is 88.4 Å². The number of fused-ring (bicyclic) bond motifs is 2. The van der Waals surface area contributed by atoms with Crippen LogP contribution in [0.15, 0.2) is 78.4 Å². The summed E-state index contributed by atoms with van der Waals surface area (Å²) >= 11 is 12.5. The molecule has 1 saturated heterocycles. The number of halogens is 2. The molecule has 2 aliphatic heterocycles. The molecule has 0 aliphatic carbocycles. The number of carbonyl (C=O) groups is 3. The molecule has 3 aromatic rings. The number of rotatable bonds is 10. The zero-order valence-electron chi connectivity index (χ0n) is 24.9. The van der Waals surface area contributed by atoms with Gasteiger partial charge in [-0.05, 0) is 66.1 Å². The van der Waals surface area contributed by atoms with Gasteiger partial charge in [0.1, 0.15) is 5.75 Å². The average Bonchev–Trinajstić information content (AvgIpc) is 3.02. The number of benzene rings is 3. The third-order valence-electron chi connectivity index (χ3n) is 8.40. The number of carbonyl (C=O) groups excluding carboxylic acids is 1. The molecule has 45 heavy (non-hydrogen) atoms. The van der Waals surface area contributed by atoms with Gasteiger partial charge in [0.2, 0.25) is 0 Å². The fourth-order valence-electron chi connectivity index (χ4n) is 6.09. The van der Waals surface area contributed by atoms with Crippen molar-refractivity contribution in [3.8, 4) is 5.75 Å². The van der Waals surface area contributed by atoms with Gasteiger partial charge in [-0.1, -0.05) is 77.8 Å². The Morgan fingerprint density at radius 3 is 2.24 bits per heavy atom. The minimum atomic E-state index is -1.17. The number of hydrogen-bond donors (Lipinski definition) is 2.